The molecule has 3 aromatic rings. The molecule has 24 heavy (non-hydrogen) atoms. The van der Waals surface area contributed by atoms with E-state index in [0.29, 0.717) is 0 Å². The van der Waals surface area contributed by atoms with Gasteiger partial charge in [-0.05, 0) is 25.0 Å². The summed E-state index contributed by atoms with van der Waals surface area (Å²) in [6, 6.07) is 16.1. The molecule has 118 valence electrons. The van der Waals surface area contributed by atoms with Gasteiger partial charge in [0.1, 0.15) is 11.9 Å². The predicted molar refractivity (Wildman–Crippen MR) is 91.5 cm³/mol. The van der Waals surface area contributed by atoms with Crippen molar-refractivity contribution < 1.29 is 0 Å². The van der Waals surface area contributed by atoms with Gasteiger partial charge >= 0.3 is 0 Å². The molecule has 1 unspecified atom stereocenters. The summed E-state index contributed by atoms with van der Waals surface area (Å²) in [5, 5.41) is 9.21. The van der Waals surface area contributed by atoms with Crippen LogP contribution < -0.4 is 0 Å². The third-order valence-corrected chi connectivity index (χ3v) is 4.38. The molecule has 0 N–H and O–H groups in total. The van der Waals surface area contributed by atoms with E-state index in [-0.39, 0.29) is 6.17 Å². The lowest BCUT2D eigenvalue weighted by Gasteiger charge is -2.19. The van der Waals surface area contributed by atoms with Crippen molar-refractivity contribution in [1.29, 1.82) is 5.26 Å². The lowest BCUT2D eigenvalue weighted by molar-refractivity contribution is 0.281. The van der Waals surface area contributed by atoms with Crippen molar-refractivity contribution in [2.24, 2.45) is 0 Å². The third-order valence-electron chi connectivity index (χ3n) is 4.38. The monoisotopic (exact) mass is 315 g/mol. The molecule has 0 saturated carbocycles. The molecule has 2 aromatic heterocycles. The van der Waals surface area contributed by atoms with E-state index >= 15 is 0 Å². The van der Waals surface area contributed by atoms with Crippen molar-refractivity contribution in [3.63, 3.8) is 0 Å². The van der Waals surface area contributed by atoms with E-state index in [4.69, 9.17) is 4.98 Å². The number of imidazole rings is 1. The highest BCUT2D eigenvalue weighted by Gasteiger charge is 2.25. The number of nitrogens with zero attached hydrogens (tertiary/aromatic N) is 5. The summed E-state index contributed by atoms with van der Waals surface area (Å²) < 4.78 is 2.02. The molecule has 4 rings (SSSR count). The number of hydrogen-bond acceptors (Lipinski definition) is 4. The summed E-state index contributed by atoms with van der Waals surface area (Å²) in [6.45, 7) is 0.816. The van der Waals surface area contributed by atoms with Crippen molar-refractivity contribution in [2.45, 2.75) is 19.0 Å². The summed E-state index contributed by atoms with van der Waals surface area (Å²) >= 11 is 0. The Morgan fingerprint density at radius 1 is 1.00 bits per heavy atom. The molecule has 5 heteroatoms. The van der Waals surface area contributed by atoms with Crippen LogP contribution in [0.15, 0.2) is 61.1 Å². The maximum atomic E-state index is 9.21. The Labute approximate surface area is 140 Å². The average molecular weight is 315 g/mol. The van der Waals surface area contributed by atoms with E-state index in [1.165, 1.54) is 0 Å². The number of hydrogen-bond donors (Lipinski definition) is 0. The van der Waals surface area contributed by atoms with Gasteiger partial charge in [-0.2, -0.15) is 5.26 Å². The van der Waals surface area contributed by atoms with E-state index in [0.717, 1.165) is 42.0 Å². The minimum absolute atomic E-state index is 0.0774. The summed E-state index contributed by atoms with van der Waals surface area (Å²) in [5.41, 5.74) is 3.70. The topological polar surface area (TPSA) is 57.7 Å². The van der Waals surface area contributed by atoms with Crippen molar-refractivity contribution in [3.05, 3.63) is 61.1 Å². The zero-order valence-electron chi connectivity index (χ0n) is 13.2. The normalized spacial score (nSPS) is 17.0. The first-order chi connectivity index (χ1) is 11.8. The zero-order chi connectivity index (χ0) is 16.4. The predicted octanol–water partition coefficient (Wildman–Crippen LogP) is 3.69. The number of likely N-dealkylation sites (tertiary alicyclic amines) is 1. The lowest BCUT2D eigenvalue weighted by atomic mass is 10.1. The van der Waals surface area contributed by atoms with E-state index < -0.39 is 0 Å². The van der Waals surface area contributed by atoms with Crippen LogP contribution in [-0.4, -0.2) is 26.0 Å². The van der Waals surface area contributed by atoms with Crippen LogP contribution in [-0.2, 0) is 0 Å². The van der Waals surface area contributed by atoms with Crippen molar-refractivity contribution in [2.75, 3.05) is 6.54 Å². The van der Waals surface area contributed by atoms with Gasteiger partial charge in [-0.3, -0.25) is 4.90 Å². The first-order valence-electron chi connectivity index (χ1n) is 8.08. The Morgan fingerprint density at radius 2 is 1.83 bits per heavy atom. The fourth-order valence-electron chi connectivity index (χ4n) is 3.15. The van der Waals surface area contributed by atoms with Crippen LogP contribution in [0.5, 0.6) is 0 Å². The van der Waals surface area contributed by atoms with E-state index in [1.54, 1.807) is 11.2 Å². The number of aromatic nitrogens is 3. The Morgan fingerprint density at radius 3 is 2.67 bits per heavy atom. The third kappa shape index (κ3) is 2.63. The van der Waals surface area contributed by atoms with Gasteiger partial charge < -0.3 is 4.57 Å². The van der Waals surface area contributed by atoms with Crippen LogP contribution >= 0.6 is 0 Å². The summed E-state index contributed by atoms with van der Waals surface area (Å²) in [6.07, 6.45) is 8.13. The molecule has 1 aliphatic heterocycles. The Hall–Kier alpha value is -3.13. The van der Waals surface area contributed by atoms with Gasteiger partial charge in [-0.1, -0.05) is 36.4 Å². The molecular weight excluding hydrogens is 298 g/mol. The molecule has 1 fully saturated rings. The summed E-state index contributed by atoms with van der Waals surface area (Å²) in [7, 11) is 0. The fourth-order valence-corrected chi connectivity index (χ4v) is 3.15. The standard InChI is InChI=1S/C19H17N5/c20-13-23-11-5-10-19(23)24-12-18(21-14-24)17-9-4-8-16(22-17)15-6-2-1-3-7-15/h1-4,6-9,12,14,19H,5,10-11H2. The second kappa shape index (κ2) is 6.17. The van der Waals surface area contributed by atoms with Crippen molar-refractivity contribution >= 4 is 0 Å². The molecule has 1 aromatic carbocycles. The van der Waals surface area contributed by atoms with Crippen LogP contribution in [0.4, 0.5) is 0 Å². The number of rotatable bonds is 3. The van der Waals surface area contributed by atoms with Gasteiger partial charge in [-0.15, -0.1) is 0 Å². The molecule has 0 aliphatic carbocycles. The largest absolute Gasteiger partial charge is 0.315 e. The number of pyridine rings is 1. The van der Waals surface area contributed by atoms with E-state index in [1.807, 2.05) is 59.3 Å². The van der Waals surface area contributed by atoms with Gasteiger partial charge in [-0.25, -0.2) is 9.97 Å². The van der Waals surface area contributed by atoms with Crippen molar-refractivity contribution in [3.8, 4) is 28.8 Å². The fraction of sp³-hybridized carbons (Fsp3) is 0.211. The Balaban J connectivity index is 1.65. The molecule has 0 bridgehead atoms. The molecule has 0 radical (unpaired) electrons. The van der Waals surface area contributed by atoms with E-state index in [2.05, 4.69) is 11.2 Å². The van der Waals surface area contributed by atoms with E-state index in [9.17, 15) is 5.26 Å². The van der Waals surface area contributed by atoms with Gasteiger partial charge in [0.15, 0.2) is 6.19 Å². The average Bonchev–Trinajstić information content (AvgIpc) is 3.31. The quantitative estimate of drug-likeness (QED) is 0.692. The SMILES string of the molecule is N#CN1CCCC1n1cnc(-c2cccc(-c3ccccc3)n2)c1. The minimum Gasteiger partial charge on any atom is -0.315 e. The molecular formula is C19H17N5. The van der Waals surface area contributed by atoms with Crippen LogP contribution in [0.3, 0.4) is 0 Å². The van der Waals surface area contributed by atoms with Gasteiger partial charge in [0.25, 0.3) is 0 Å². The van der Waals surface area contributed by atoms with Crippen LogP contribution in [0, 0.1) is 11.5 Å². The molecule has 0 spiro atoms. The highest BCUT2D eigenvalue weighted by molar-refractivity contribution is 5.63. The Bertz CT molecular complexity index is 878. The number of nitriles is 1. The first-order valence-corrected chi connectivity index (χ1v) is 8.08. The number of benzene rings is 1. The molecule has 1 saturated heterocycles. The smallest absolute Gasteiger partial charge is 0.181 e. The second-order valence-corrected chi connectivity index (χ2v) is 5.90. The van der Waals surface area contributed by atoms with Gasteiger partial charge in [0.2, 0.25) is 0 Å². The minimum atomic E-state index is 0.0774. The molecule has 1 aliphatic rings. The van der Waals surface area contributed by atoms with Crippen molar-refractivity contribution in [1.82, 2.24) is 19.4 Å². The Kier molecular flexibility index (Phi) is 3.72. The maximum Gasteiger partial charge on any atom is 0.181 e. The van der Waals surface area contributed by atoms with Crippen LogP contribution in [0.25, 0.3) is 22.6 Å². The lowest BCUT2D eigenvalue weighted by Crippen LogP contribution is -2.21. The summed E-state index contributed by atoms with van der Waals surface area (Å²) in [5.74, 6) is 0. The second-order valence-electron chi connectivity index (χ2n) is 5.90. The van der Waals surface area contributed by atoms with Gasteiger partial charge in [0, 0.05) is 18.3 Å². The highest BCUT2D eigenvalue weighted by atomic mass is 15.3. The molecule has 5 nitrogen and oxygen atoms in total. The molecule has 1 atom stereocenters. The van der Waals surface area contributed by atoms with Gasteiger partial charge in [0.05, 0.1) is 17.7 Å². The first kappa shape index (κ1) is 14.5. The molecule has 0 amide bonds. The highest BCUT2D eigenvalue weighted by Crippen LogP contribution is 2.28. The zero-order valence-corrected chi connectivity index (χ0v) is 13.2. The van der Waals surface area contributed by atoms with Crippen LogP contribution in [0.2, 0.25) is 0 Å². The maximum absolute atomic E-state index is 9.21. The summed E-state index contributed by atoms with van der Waals surface area (Å²) in [4.78, 5) is 11.0. The van der Waals surface area contributed by atoms with Crippen LogP contribution in [0.1, 0.15) is 19.0 Å². The molecule has 3 heterocycles.